The number of ketones is 1. The molecule has 0 aliphatic carbocycles. The van der Waals surface area contributed by atoms with Crippen molar-refractivity contribution in [2.75, 3.05) is 0 Å². The number of carbonyl (C=O) groups excluding carboxylic acids is 1. The zero-order valence-electron chi connectivity index (χ0n) is 7.57. The number of carboxylic acids is 1. The van der Waals surface area contributed by atoms with E-state index in [4.69, 9.17) is 9.84 Å². The van der Waals surface area contributed by atoms with Crippen molar-refractivity contribution in [1.29, 1.82) is 0 Å². The largest absolute Gasteiger partial charge is 0.478 e. The average molecular weight is 210 g/mol. The summed E-state index contributed by atoms with van der Waals surface area (Å²) in [6, 6.07) is 3.66. The molecule has 0 radical (unpaired) electrons. The average Bonchev–Trinajstić information content (AvgIpc) is 2.15. The SMILES string of the molecule is O=C(O)C1Oc2ccc(F)cc2CC1=O. The molecule has 4 nitrogen and oxygen atoms in total. The zero-order chi connectivity index (χ0) is 11.0. The van der Waals surface area contributed by atoms with Gasteiger partial charge in [-0.15, -0.1) is 0 Å². The van der Waals surface area contributed by atoms with Crippen molar-refractivity contribution in [3.8, 4) is 5.75 Å². The second-order valence-corrected chi connectivity index (χ2v) is 3.23. The highest BCUT2D eigenvalue weighted by Gasteiger charge is 2.33. The summed E-state index contributed by atoms with van der Waals surface area (Å²) in [5, 5.41) is 8.67. The lowest BCUT2D eigenvalue weighted by atomic mass is 10.0. The molecule has 1 heterocycles. The van der Waals surface area contributed by atoms with Crippen molar-refractivity contribution in [2.24, 2.45) is 0 Å². The zero-order valence-corrected chi connectivity index (χ0v) is 7.57. The number of rotatable bonds is 1. The Hall–Kier alpha value is -1.91. The van der Waals surface area contributed by atoms with Crippen LogP contribution < -0.4 is 4.74 Å². The molecule has 1 aromatic carbocycles. The monoisotopic (exact) mass is 210 g/mol. The van der Waals surface area contributed by atoms with Gasteiger partial charge in [0.15, 0.2) is 5.78 Å². The highest BCUT2D eigenvalue weighted by atomic mass is 19.1. The molecular formula is C10H7FO4. The van der Waals surface area contributed by atoms with E-state index in [0.29, 0.717) is 5.56 Å². The lowest BCUT2D eigenvalue weighted by Crippen LogP contribution is -2.39. The molecule has 0 amide bonds. The van der Waals surface area contributed by atoms with Crippen LogP contribution in [0.2, 0.25) is 0 Å². The van der Waals surface area contributed by atoms with Crippen LogP contribution in [0.1, 0.15) is 5.56 Å². The Kier molecular flexibility index (Phi) is 2.15. The van der Waals surface area contributed by atoms with Crippen molar-refractivity contribution < 1.29 is 23.8 Å². The number of halogens is 1. The molecule has 0 bridgehead atoms. The quantitative estimate of drug-likeness (QED) is 0.696. The van der Waals surface area contributed by atoms with E-state index < -0.39 is 23.7 Å². The Labute approximate surface area is 84.3 Å². The molecule has 15 heavy (non-hydrogen) atoms. The van der Waals surface area contributed by atoms with E-state index >= 15 is 0 Å². The van der Waals surface area contributed by atoms with Gasteiger partial charge in [-0.2, -0.15) is 0 Å². The van der Waals surface area contributed by atoms with Crippen LogP contribution in [0.3, 0.4) is 0 Å². The fraction of sp³-hybridized carbons (Fsp3) is 0.200. The van der Waals surface area contributed by atoms with Crippen molar-refractivity contribution in [3.05, 3.63) is 29.6 Å². The first-order valence-electron chi connectivity index (χ1n) is 4.28. The number of fused-ring (bicyclic) bond motifs is 1. The molecule has 1 aliphatic rings. The fourth-order valence-corrected chi connectivity index (χ4v) is 1.46. The molecule has 0 fully saturated rings. The maximum Gasteiger partial charge on any atom is 0.352 e. The van der Waals surface area contributed by atoms with Crippen LogP contribution >= 0.6 is 0 Å². The molecule has 1 unspecified atom stereocenters. The summed E-state index contributed by atoms with van der Waals surface area (Å²) in [5.41, 5.74) is 0.387. The van der Waals surface area contributed by atoms with Crippen LogP contribution in [-0.4, -0.2) is 23.0 Å². The molecule has 1 aliphatic heterocycles. The second-order valence-electron chi connectivity index (χ2n) is 3.23. The molecule has 78 valence electrons. The molecule has 0 saturated carbocycles. The topological polar surface area (TPSA) is 63.6 Å². The van der Waals surface area contributed by atoms with Gasteiger partial charge in [0.05, 0.1) is 0 Å². The molecule has 0 saturated heterocycles. The van der Waals surface area contributed by atoms with Crippen molar-refractivity contribution >= 4 is 11.8 Å². The normalized spacial score (nSPS) is 19.3. The van der Waals surface area contributed by atoms with Gasteiger partial charge >= 0.3 is 5.97 Å². The van der Waals surface area contributed by atoms with E-state index in [1.165, 1.54) is 12.1 Å². The standard InChI is InChI=1S/C10H7FO4/c11-6-1-2-8-5(3-6)4-7(12)9(15-8)10(13)14/h1-3,9H,4H2,(H,13,14). The number of hydrogen-bond donors (Lipinski definition) is 1. The van der Waals surface area contributed by atoms with Crippen molar-refractivity contribution in [1.82, 2.24) is 0 Å². The van der Waals surface area contributed by atoms with Crippen LogP contribution in [0.25, 0.3) is 0 Å². The van der Waals surface area contributed by atoms with E-state index in [1.54, 1.807) is 0 Å². The van der Waals surface area contributed by atoms with Gasteiger partial charge in [-0.25, -0.2) is 9.18 Å². The second kappa shape index (κ2) is 3.34. The van der Waals surface area contributed by atoms with Gasteiger partial charge in [-0.3, -0.25) is 4.79 Å². The van der Waals surface area contributed by atoms with Crippen LogP contribution in [0.15, 0.2) is 18.2 Å². The minimum atomic E-state index is -1.47. The van der Waals surface area contributed by atoms with Gasteiger partial charge < -0.3 is 9.84 Å². The number of ether oxygens (including phenoxy) is 1. The third-order valence-corrected chi connectivity index (χ3v) is 2.15. The van der Waals surface area contributed by atoms with Gasteiger partial charge in [-0.1, -0.05) is 0 Å². The third-order valence-electron chi connectivity index (χ3n) is 2.15. The smallest absolute Gasteiger partial charge is 0.352 e. The Bertz CT molecular complexity index is 441. The van der Waals surface area contributed by atoms with E-state index in [1.807, 2.05) is 0 Å². The van der Waals surface area contributed by atoms with Crippen LogP contribution in [0, 0.1) is 5.82 Å². The first-order chi connectivity index (χ1) is 7.08. The molecule has 2 rings (SSSR count). The Morgan fingerprint density at radius 1 is 1.53 bits per heavy atom. The number of carboxylic acid groups (broad SMARTS) is 1. The lowest BCUT2D eigenvalue weighted by molar-refractivity contribution is -0.150. The van der Waals surface area contributed by atoms with E-state index in [9.17, 15) is 14.0 Å². The predicted molar refractivity (Wildman–Crippen MR) is 47.2 cm³/mol. The first kappa shape index (κ1) is 9.64. The predicted octanol–water partition coefficient (Wildman–Crippen LogP) is 0.783. The van der Waals surface area contributed by atoms with Crippen LogP contribution in [0.5, 0.6) is 5.75 Å². The van der Waals surface area contributed by atoms with Gasteiger partial charge in [-0.05, 0) is 18.2 Å². The summed E-state index contributed by atoms with van der Waals surface area (Å²) < 4.78 is 17.7. The molecule has 5 heteroatoms. The summed E-state index contributed by atoms with van der Waals surface area (Å²) >= 11 is 0. The molecule has 1 N–H and O–H groups in total. The van der Waals surface area contributed by atoms with Gasteiger partial charge in [0.2, 0.25) is 0 Å². The van der Waals surface area contributed by atoms with E-state index in [2.05, 4.69) is 0 Å². The van der Waals surface area contributed by atoms with Crippen molar-refractivity contribution in [2.45, 2.75) is 12.5 Å². The number of Topliss-reactive ketones (excluding diaryl/α,β-unsaturated/α-hetero) is 1. The third kappa shape index (κ3) is 1.68. The lowest BCUT2D eigenvalue weighted by Gasteiger charge is -2.21. The van der Waals surface area contributed by atoms with Crippen LogP contribution in [0.4, 0.5) is 4.39 Å². The van der Waals surface area contributed by atoms with Crippen molar-refractivity contribution in [3.63, 3.8) is 0 Å². The summed E-state index contributed by atoms with van der Waals surface area (Å²) in [7, 11) is 0. The van der Waals surface area contributed by atoms with Gasteiger partial charge in [0.25, 0.3) is 6.10 Å². The minimum Gasteiger partial charge on any atom is -0.478 e. The van der Waals surface area contributed by atoms with Crippen LogP contribution in [-0.2, 0) is 16.0 Å². The summed E-state index contributed by atoms with van der Waals surface area (Å²) in [6.07, 6.45) is -1.58. The fourth-order valence-electron chi connectivity index (χ4n) is 1.46. The van der Waals surface area contributed by atoms with E-state index in [-0.39, 0.29) is 12.2 Å². The summed E-state index contributed by atoms with van der Waals surface area (Å²) in [6.45, 7) is 0. The number of carbonyl (C=O) groups is 2. The van der Waals surface area contributed by atoms with E-state index in [0.717, 1.165) is 6.07 Å². The number of aliphatic carboxylic acids is 1. The Morgan fingerprint density at radius 2 is 2.27 bits per heavy atom. The molecule has 1 atom stereocenters. The summed E-state index contributed by atoms with van der Waals surface area (Å²) in [5.74, 6) is -2.11. The number of benzene rings is 1. The summed E-state index contributed by atoms with van der Waals surface area (Å²) in [4.78, 5) is 21.9. The maximum absolute atomic E-state index is 12.8. The highest BCUT2D eigenvalue weighted by molar-refractivity contribution is 6.03. The molecule has 1 aromatic rings. The maximum atomic E-state index is 12.8. The highest BCUT2D eigenvalue weighted by Crippen LogP contribution is 2.26. The first-order valence-corrected chi connectivity index (χ1v) is 4.28. The van der Waals surface area contributed by atoms with Gasteiger partial charge in [0, 0.05) is 12.0 Å². The Balaban J connectivity index is 2.38. The Morgan fingerprint density at radius 3 is 2.93 bits per heavy atom. The number of hydrogen-bond acceptors (Lipinski definition) is 3. The molecular weight excluding hydrogens is 203 g/mol. The minimum absolute atomic E-state index is 0.107. The van der Waals surface area contributed by atoms with Gasteiger partial charge in [0.1, 0.15) is 11.6 Å². The molecule has 0 spiro atoms. The molecule has 0 aromatic heterocycles.